The van der Waals surface area contributed by atoms with Crippen molar-refractivity contribution in [1.82, 2.24) is 25.1 Å². The van der Waals surface area contributed by atoms with Crippen molar-refractivity contribution < 1.29 is 4.79 Å². The average molecular weight is 538 g/mol. The molecule has 8 heteroatoms. The van der Waals surface area contributed by atoms with Gasteiger partial charge in [-0.2, -0.15) is 0 Å². The zero-order valence-corrected chi connectivity index (χ0v) is 21.3. The number of carbonyl (C=O) groups excluding carboxylic acids is 1. The summed E-state index contributed by atoms with van der Waals surface area (Å²) < 4.78 is 2.13. The Labute approximate surface area is 202 Å². The highest BCUT2D eigenvalue weighted by molar-refractivity contribution is 14.0. The molecule has 2 N–H and O–H groups in total. The largest absolute Gasteiger partial charge is 0.355 e. The Hall–Kier alpha value is -2.10. The van der Waals surface area contributed by atoms with Crippen LogP contribution in [0.25, 0.3) is 0 Å². The number of nitrogens with zero attached hydrogens (tertiary/aromatic N) is 4. The number of halogens is 1. The van der Waals surface area contributed by atoms with Gasteiger partial charge in [0.15, 0.2) is 5.96 Å². The summed E-state index contributed by atoms with van der Waals surface area (Å²) in [5, 5.41) is 6.78. The lowest BCUT2D eigenvalue weighted by Crippen LogP contribution is -2.49. The number of hydrogen-bond acceptors (Lipinski definition) is 3. The third kappa shape index (κ3) is 6.44. The van der Waals surface area contributed by atoms with Gasteiger partial charge < -0.3 is 20.1 Å². The van der Waals surface area contributed by atoms with E-state index < -0.39 is 0 Å². The number of guanidine groups is 1. The van der Waals surface area contributed by atoms with Gasteiger partial charge in [-0.15, -0.1) is 24.0 Å². The van der Waals surface area contributed by atoms with E-state index in [4.69, 9.17) is 0 Å². The molecule has 7 nitrogen and oxygen atoms in total. The highest BCUT2D eigenvalue weighted by Gasteiger charge is 2.42. The monoisotopic (exact) mass is 538 g/mol. The Morgan fingerprint density at radius 3 is 2.55 bits per heavy atom. The maximum atomic E-state index is 12.8. The number of carbonyl (C=O) groups is 1. The average Bonchev–Trinajstić information content (AvgIpc) is 3.38. The van der Waals surface area contributed by atoms with Crippen molar-refractivity contribution in [3.8, 4) is 0 Å². The lowest BCUT2D eigenvalue weighted by molar-refractivity contribution is -0.138. The van der Waals surface area contributed by atoms with Gasteiger partial charge in [0, 0.05) is 53.2 Å². The maximum absolute atomic E-state index is 12.8. The van der Waals surface area contributed by atoms with E-state index in [9.17, 15) is 4.79 Å². The number of rotatable bonds is 7. The molecule has 1 aromatic carbocycles. The lowest BCUT2D eigenvalue weighted by Gasteiger charge is -2.31. The first-order chi connectivity index (χ1) is 14.4. The molecule has 1 saturated carbocycles. The summed E-state index contributed by atoms with van der Waals surface area (Å²) in [4.78, 5) is 23.1. The van der Waals surface area contributed by atoms with Crippen molar-refractivity contribution in [2.24, 2.45) is 10.4 Å². The van der Waals surface area contributed by atoms with Gasteiger partial charge in [-0.05, 0) is 30.9 Å². The lowest BCUT2D eigenvalue weighted by atomic mass is 9.84. The van der Waals surface area contributed by atoms with Crippen LogP contribution in [0.2, 0.25) is 0 Å². The second-order valence-corrected chi connectivity index (χ2v) is 8.39. The van der Waals surface area contributed by atoms with Crippen LogP contribution in [0.5, 0.6) is 0 Å². The normalized spacial score (nSPS) is 15.3. The third-order valence-corrected chi connectivity index (χ3v) is 5.97. The predicted molar refractivity (Wildman–Crippen MR) is 136 cm³/mol. The smallest absolute Gasteiger partial charge is 0.230 e. The topological polar surface area (TPSA) is 74.5 Å². The number of benzene rings is 1. The first-order valence-electron chi connectivity index (χ1n) is 10.7. The van der Waals surface area contributed by atoms with Crippen molar-refractivity contribution in [2.45, 2.75) is 45.7 Å². The van der Waals surface area contributed by atoms with Gasteiger partial charge in [0.1, 0.15) is 5.82 Å². The number of amides is 1. The van der Waals surface area contributed by atoms with Crippen LogP contribution in [-0.2, 0) is 17.9 Å². The van der Waals surface area contributed by atoms with E-state index in [1.807, 2.05) is 33.4 Å². The summed E-state index contributed by atoms with van der Waals surface area (Å²) in [6.07, 6.45) is 7.91. The molecule has 1 aliphatic carbocycles. The maximum Gasteiger partial charge on any atom is 0.230 e. The van der Waals surface area contributed by atoms with Gasteiger partial charge in [-0.25, -0.2) is 4.98 Å². The van der Waals surface area contributed by atoms with Crippen molar-refractivity contribution in [2.75, 3.05) is 27.7 Å². The molecule has 31 heavy (non-hydrogen) atoms. The summed E-state index contributed by atoms with van der Waals surface area (Å²) in [6.45, 7) is 4.11. The highest BCUT2D eigenvalue weighted by atomic mass is 127. The first-order valence-corrected chi connectivity index (χ1v) is 10.7. The van der Waals surface area contributed by atoms with Crippen molar-refractivity contribution in [1.29, 1.82) is 0 Å². The number of aromatic nitrogens is 2. The Morgan fingerprint density at radius 1 is 1.23 bits per heavy atom. The zero-order chi connectivity index (χ0) is 21.6. The highest BCUT2D eigenvalue weighted by Crippen LogP contribution is 2.38. The fraction of sp³-hybridized carbons (Fsp3) is 0.522. The molecule has 1 aromatic heterocycles. The van der Waals surface area contributed by atoms with E-state index in [1.54, 1.807) is 11.9 Å². The molecule has 1 heterocycles. The molecule has 0 radical (unpaired) electrons. The summed E-state index contributed by atoms with van der Waals surface area (Å²) >= 11 is 0. The number of nitrogens with one attached hydrogen (secondary N) is 2. The standard InChI is InChI=1S/C23H34N6O.HI/c1-18-25-12-13-29(18)16-20-9-7-8-19(14-20)15-26-22(24-2)27-17-23(10-5-6-11-23)21(30)28(3)4;/h7-9,12-14H,5-6,10-11,15-17H2,1-4H3,(H2,24,26,27);1H. The minimum atomic E-state index is -0.316. The molecular formula is C23H35IN6O. The van der Waals surface area contributed by atoms with Crippen LogP contribution < -0.4 is 10.6 Å². The van der Waals surface area contributed by atoms with Crippen LogP contribution >= 0.6 is 24.0 Å². The SMILES string of the molecule is CN=C(NCc1cccc(Cn2ccnc2C)c1)NCC1(C(=O)N(C)C)CCCC1.I. The second kappa shape index (κ2) is 11.5. The predicted octanol–water partition coefficient (Wildman–Crippen LogP) is 3.17. The Morgan fingerprint density at radius 2 is 1.94 bits per heavy atom. The molecule has 0 bridgehead atoms. The summed E-state index contributed by atoms with van der Waals surface area (Å²) in [6, 6.07) is 8.52. The molecule has 1 aliphatic rings. The minimum absolute atomic E-state index is 0. The van der Waals surface area contributed by atoms with E-state index in [2.05, 4.69) is 49.4 Å². The van der Waals surface area contributed by atoms with E-state index in [-0.39, 0.29) is 35.3 Å². The first kappa shape index (κ1) is 25.2. The quantitative estimate of drug-likeness (QED) is 0.323. The fourth-order valence-electron chi connectivity index (χ4n) is 4.26. The van der Waals surface area contributed by atoms with Gasteiger partial charge >= 0.3 is 0 Å². The number of imidazole rings is 1. The molecule has 1 fully saturated rings. The molecule has 0 unspecified atom stereocenters. The van der Waals surface area contributed by atoms with Crippen LogP contribution in [-0.4, -0.2) is 54.0 Å². The van der Waals surface area contributed by atoms with Gasteiger partial charge in [-0.1, -0.05) is 37.1 Å². The summed E-state index contributed by atoms with van der Waals surface area (Å²) in [5.41, 5.74) is 2.11. The van der Waals surface area contributed by atoms with Crippen molar-refractivity contribution >= 4 is 35.8 Å². The van der Waals surface area contributed by atoms with Crippen LogP contribution in [0.3, 0.4) is 0 Å². The Balaban J connectivity index is 0.00000341. The second-order valence-electron chi connectivity index (χ2n) is 8.39. The molecule has 0 saturated heterocycles. The van der Waals surface area contributed by atoms with Crippen molar-refractivity contribution in [3.63, 3.8) is 0 Å². The molecule has 0 spiro atoms. The van der Waals surface area contributed by atoms with E-state index >= 15 is 0 Å². The Kier molecular flexibility index (Phi) is 9.33. The van der Waals surface area contributed by atoms with Gasteiger partial charge in [0.25, 0.3) is 0 Å². The molecule has 2 aromatic rings. The molecule has 3 rings (SSSR count). The van der Waals surface area contributed by atoms with Gasteiger partial charge in [0.2, 0.25) is 5.91 Å². The zero-order valence-electron chi connectivity index (χ0n) is 19.0. The van der Waals surface area contributed by atoms with Gasteiger partial charge in [0.05, 0.1) is 5.41 Å². The third-order valence-electron chi connectivity index (χ3n) is 5.97. The molecular weight excluding hydrogens is 503 g/mol. The Bertz CT molecular complexity index is 886. The molecule has 1 amide bonds. The fourth-order valence-corrected chi connectivity index (χ4v) is 4.26. The summed E-state index contributed by atoms with van der Waals surface area (Å²) in [7, 11) is 5.45. The van der Waals surface area contributed by atoms with Crippen LogP contribution in [0.4, 0.5) is 0 Å². The minimum Gasteiger partial charge on any atom is -0.355 e. The summed E-state index contributed by atoms with van der Waals surface area (Å²) in [5.74, 6) is 1.95. The molecule has 0 aliphatic heterocycles. The van der Waals surface area contributed by atoms with E-state index in [0.29, 0.717) is 13.1 Å². The van der Waals surface area contributed by atoms with Crippen molar-refractivity contribution in [3.05, 3.63) is 53.6 Å². The van der Waals surface area contributed by atoms with Crippen LogP contribution in [0.1, 0.15) is 42.6 Å². The number of aryl methyl sites for hydroxylation is 1. The van der Waals surface area contributed by atoms with Gasteiger partial charge in [-0.3, -0.25) is 9.79 Å². The van der Waals surface area contributed by atoms with Crippen LogP contribution in [0, 0.1) is 12.3 Å². The molecule has 170 valence electrons. The van der Waals surface area contributed by atoms with E-state index in [0.717, 1.165) is 44.0 Å². The number of aliphatic imine (C=N–C) groups is 1. The number of hydrogen-bond donors (Lipinski definition) is 2. The van der Waals surface area contributed by atoms with Crippen LogP contribution in [0.15, 0.2) is 41.7 Å². The van der Waals surface area contributed by atoms with E-state index in [1.165, 1.54) is 11.1 Å². The molecule has 0 atom stereocenters.